The van der Waals surface area contributed by atoms with Gasteiger partial charge in [0.25, 0.3) is 0 Å². The summed E-state index contributed by atoms with van der Waals surface area (Å²) in [5.74, 6) is 1.62. The van der Waals surface area contributed by atoms with Gasteiger partial charge in [-0.2, -0.15) is 0 Å². The summed E-state index contributed by atoms with van der Waals surface area (Å²) in [6, 6.07) is 13.9. The van der Waals surface area contributed by atoms with Gasteiger partial charge in [0.2, 0.25) is 12.7 Å². The number of likely N-dealkylation sites (tertiary alicyclic amines) is 1. The summed E-state index contributed by atoms with van der Waals surface area (Å²) < 4.78 is 11.2. The van der Waals surface area contributed by atoms with Crippen molar-refractivity contribution in [2.75, 3.05) is 19.9 Å². The van der Waals surface area contributed by atoms with Gasteiger partial charge in [-0.15, -0.1) is 0 Å². The summed E-state index contributed by atoms with van der Waals surface area (Å²) in [5, 5.41) is 3.07. The standard InChI is InChI=1S/C25H27N3O4/c29-24-18-7-4-9-28(25(30)26-14-16-5-2-1-3-6-16)20(18)13-21-19-12-23-22(31-15-32-23)11-17(19)8-10-27(21)24/h1-3,5-6,11-12,18,20-21H,4,7-10,13-15H2,(H,26,30). The van der Waals surface area contributed by atoms with Crippen LogP contribution in [0.5, 0.6) is 11.5 Å². The van der Waals surface area contributed by atoms with Crippen LogP contribution in [0.1, 0.15) is 42.0 Å². The number of fused-ring (bicyclic) bond motifs is 5. The SMILES string of the molecule is O=C1C2CCCN(C(=O)NCc3ccccc3)C2CC2c3cc4c(cc3CCN12)OCO4. The third-order valence-corrected chi connectivity index (χ3v) is 7.38. The van der Waals surface area contributed by atoms with Crippen LogP contribution in [0.2, 0.25) is 0 Å². The van der Waals surface area contributed by atoms with Crippen LogP contribution in [0.3, 0.4) is 0 Å². The highest BCUT2D eigenvalue weighted by Gasteiger charge is 2.49. The van der Waals surface area contributed by atoms with E-state index in [4.69, 9.17) is 9.47 Å². The molecule has 4 heterocycles. The van der Waals surface area contributed by atoms with Gasteiger partial charge in [0, 0.05) is 25.7 Å². The summed E-state index contributed by atoms with van der Waals surface area (Å²) in [7, 11) is 0. The van der Waals surface area contributed by atoms with Crippen LogP contribution in [0, 0.1) is 5.92 Å². The normalized spacial score (nSPS) is 25.6. The van der Waals surface area contributed by atoms with Crippen molar-refractivity contribution in [1.29, 1.82) is 0 Å². The number of rotatable bonds is 2. The second kappa shape index (κ2) is 7.73. The van der Waals surface area contributed by atoms with Crippen LogP contribution < -0.4 is 14.8 Å². The van der Waals surface area contributed by atoms with E-state index in [0.717, 1.165) is 54.9 Å². The molecule has 4 aliphatic heterocycles. The van der Waals surface area contributed by atoms with Gasteiger partial charge < -0.3 is 24.6 Å². The number of nitrogens with one attached hydrogen (secondary N) is 1. The summed E-state index contributed by atoms with van der Waals surface area (Å²) in [6.45, 7) is 2.14. The molecular formula is C25H27N3O4. The molecule has 6 rings (SSSR count). The molecule has 0 aliphatic carbocycles. The first-order valence-electron chi connectivity index (χ1n) is 11.5. The van der Waals surface area contributed by atoms with Crippen LogP contribution in [0.4, 0.5) is 4.79 Å². The Balaban J connectivity index is 1.25. The molecule has 7 heteroatoms. The molecule has 166 valence electrons. The minimum atomic E-state index is -0.113. The maximum Gasteiger partial charge on any atom is 0.317 e. The lowest BCUT2D eigenvalue weighted by Crippen LogP contribution is -2.61. The fraction of sp³-hybridized carbons (Fsp3) is 0.440. The van der Waals surface area contributed by atoms with Crippen molar-refractivity contribution in [3.05, 3.63) is 59.2 Å². The zero-order valence-electron chi connectivity index (χ0n) is 18.0. The zero-order valence-corrected chi connectivity index (χ0v) is 18.0. The molecule has 0 spiro atoms. The van der Waals surface area contributed by atoms with Crippen LogP contribution in [0.15, 0.2) is 42.5 Å². The van der Waals surface area contributed by atoms with Crippen LogP contribution >= 0.6 is 0 Å². The molecule has 0 saturated carbocycles. The van der Waals surface area contributed by atoms with Gasteiger partial charge in [-0.1, -0.05) is 30.3 Å². The Hall–Kier alpha value is -3.22. The van der Waals surface area contributed by atoms with Crippen molar-refractivity contribution in [2.24, 2.45) is 5.92 Å². The van der Waals surface area contributed by atoms with Crippen LogP contribution in [-0.4, -0.2) is 47.7 Å². The molecule has 7 nitrogen and oxygen atoms in total. The molecule has 2 fully saturated rings. The number of piperidine rings is 2. The zero-order chi connectivity index (χ0) is 21.7. The van der Waals surface area contributed by atoms with Crippen molar-refractivity contribution in [3.63, 3.8) is 0 Å². The Kier molecular flexibility index (Phi) is 4.70. The summed E-state index contributed by atoms with van der Waals surface area (Å²) in [6.07, 6.45) is 3.30. The lowest BCUT2D eigenvalue weighted by atomic mass is 9.76. The highest BCUT2D eigenvalue weighted by molar-refractivity contribution is 5.84. The molecule has 1 N–H and O–H groups in total. The first-order valence-corrected chi connectivity index (χ1v) is 11.5. The molecular weight excluding hydrogens is 406 g/mol. The molecule has 4 aliphatic rings. The van der Waals surface area contributed by atoms with Crippen molar-refractivity contribution in [2.45, 2.75) is 44.3 Å². The van der Waals surface area contributed by atoms with Gasteiger partial charge >= 0.3 is 6.03 Å². The summed E-state index contributed by atoms with van der Waals surface area (Å²) >= 11 is 0. The first kappa shape index (κ1) is 19.5. The third kappa shape index (κ3) is 3.18. The van der Waals surface area contributed by atoms with E-state index in [0.29, 0.717) is 13.1 Å². The number of amides is 3. The second-order valence-corrected chi connectivity index (χ2v) is 9.09. The van der Waals surface area contributed by atoms with E-state index in [1.165, 1.54) is 5.56 Å². The first-order chi connectivity index (χ1) is 15.7. The molecule has 3 unspecified atom stereocenters. The van der Waals surface area contributed by atoms with E-state index in [-0.39, 0.29) is 36.7 Å². The van der Waals surface area contributed by atoms with E-state index >= 15 is 0 Å². The van der Waals surface area contributed by atoms with Gasteiger partial charge in [-0.05, 0) is 54.5 Å². The average molecular weight is 434 g/mol. The lowest BCUT2D eigenvalue weighted by molar-refractivity contribution is -0.148. The highest BCUT2D eigenvalue weighted by Crippen LogP contribution is 2.46. The third-order valence-electron chi connectivity index (χ3n) is 7.38. The summed E-state index contributed by atoms with van der Waals surface area (Å²) in [5.41, 5.74) is 3.43. The average Bonchev–Trinajstić information content (AvgIpc) is 3.29. The number of carbonyl (C=O) groups excluding carboxylic acids is 2. The Morgan fingerprint density at radius 3 is 2.75 bits per heavy atom. The van der Waals surface area contributed by atoms with Crippen LogP contribution in [-0.2, 0) is 17.8 Å². The smallest absolute Gasteiger partial charge is 0.317 e. The predicted molar refractivity (Wildman–Crippen MR) is 117 cm³/mol. The highest BCUT2D eigenvalue weighted by atomic mass is 16.7. The van der Waals surface area contributed by atoms with E-state index < -0.39 is 0 Å². The van der Waals surface area contributed by atoms with E-state index in [9.17, 15) is 9.59 Å². The number of carbonyl (C=O) groups is 2. The number of nitrogens with zero attached hydrogens (tertiary/aromatic N) is 2. The maximum atomic E-state index is 13.5. The van der Waals surface area contributed by atoms with E-state index in [1.54, 1.807) is 0 Å². The van der Waals surface area contributed by atoms with Gasteiger partial charge in [0.15, 0.2) is 11.5 Å². The fourth-order valence-electron chi connectivity index (χ4n) is 5.81. The lowest BCUT2D eigenvalue weighted by Gasteiger charge is -2.51. The van der Waals surface area contributed by atoms with E-state index in [1.807, 2.05) is 46.2 Å². The van der Waals surface area contributed by atoms with E-state index in [2.05, 4.69) is 11.4 Å². The molecule has 0 radical (unpaired) electrons. The maximum absolute atomic E-state index is 13.5. The largest absolute Gasteiger partial charge is 0.454 e. The molecule has 0 aromatic heterocycles. The number of ether oxygens (including phenoxy) is 2. The molecule has 2 saturated heterocycles. The molecule has 2 aromatic rings. The number of benzene rings is 2. The molecule has 2 aromatic carbocycles. The van der Waals surface area contributed by atoms with Crippen molar-refractivity contribution in [3.8, 4) is 11.5 Å². The molecule has 0 bridgehead atoms. The predicted octanol–water partition coefficient (Wildman–Crippen LogP) is 3.24. The molecule has 3 amide bonds. The number of hydrogen-bond acceptors (Lipinski definition) is 4. The quantitative estimate of drug-likeness (QED) is 0.790. The Bertz CT molecular complexity index is 1060. The van der Waals surface area contributed by atoms with Crippen molar-refractivity contribution in [1.82, 2.24) is 15.1 Å². The summed E-state index contributed by atoms with van der Waals surface area (Å²) in [4.78, 5) is 30.6. The minimum Gasteiger partial charge on any atom is -0.454 e. The van der Waals surface area contributed by atoms with Gasteiger partial charge in [-0.3, -0.25) is 4.79 Å². The van der Waals surface area contributed by atoms with Crippen molar-refractivity contribution < 1.29 is 19.1 Å². The Labute approximate surface area is 187 Å². The Morgan fingerprint density at radius 2 is 1.91 bits per heavy atom. The van der Waals surface area contributed by atoms with Gasteiger partial charge in [0.05, 0.1) is 12.0 Å². The van der Waals surface area contributed by atoms with Gasteiger partial charge in [0.1, 0.15) is 0 Å². The number of urea groups is 1. The fourth-order valence-corrected chi connectivity index (χ4v) is 5.81. The van der Waals surface area contributed by atoms with Crippen molar-refractivity contribution >= 4 is 11.9 Å². The van der Waals surface area contributed by atoms with Crippen LogP contribution in [0.25, 0.3) is 0 Å². The Morgan fingerprint density at radius 1 is 1.09 bits per heavy atom. The second-order valence-electron chi connectivity index (χ2n) is 9.09. The minimum absolute atomic E-state index is 0.0236. The monoisotopic (exact) mass is 433 g/mol. The topological polar surface area (TPSA) is 71.1 Å². The molecule has 32 heavy (non-hydrogen) atoms. The molecule has 3 atom stereocenters. The van der Waals surface area contributed by atoms with Gasteiger partial charge in [-0.25, -0.2) is 4.79 Å². The number of hydrogen-bond donors (Lipinski definition) is 1.